The van der Waals surface area contributed by atoms with Gasteiger partial charge in [0.1, 0.15) is 11.2 Å². The molecular formula is C18H12O2. The van der Waals surface area contributed by atoms with Gasteiger partial charge in [0, 0.05) is 0 Å². The van der Waals surface area contributed by atoms with Crippen molar-refractivity contribution in [1.82, 2.24) is 0 Å². The highest BCUT2D eigenvalue weighted by atomic mass is 16.3. The van der Waals surface area contributed by atoms with Gasteiger partial charge >= 0.3 is 0 Å². The third-order valence-electron chi connectivity index (χ3n) is 3.69. The topological polar surface area (TPSA) is 30.2 Å². The van der Waals surface area contributed by atoms with Crippen molar-refractivity contribution in [3.8, 4) is 0 Å². The maximum Gasteiger partial charge on any atom is 0.200 e. The molecule has 0 aliphatic carbocycles. The van der Waals surface area contributed by atoms with Gasteiger partial charge in [0.05, 0.1) is 10.8 Å². The van der Waals surface area contributed by atoms with Gasteiger partial charge in [0.15, 0.2) is 0 Å². The van der Waals surface area contributed by atoms with Crippen LogP contribution < -0.4 is 5.43 Å². The Labute approximate surface area is 115 Å². The highest BCUT2D eigenvalue weighted by molar-refractivity contribution is 5.99. The van der Waals surface area contributed by atoms with Crippen molar-refractivity contribution >= 4 is 32.7 Å². The first-order valence-electron chi connectivity index (χ1n) is 6.58. The molecule has 0 bridgehead atoms. The van der Waals surface area contributed by atoms with Crippen LogP contribution in [0.1, 0.15) is 5.56 Å². The molecule has 0 spiro atoms. The normalized spacial score (nSPS) is 11.4. The second-order valence-corrected chi connectivity index (χ2v) is 5.13. The van der Waals surface area contributed by atoms with E-state index in [2.05, 4.69) is 19.1 Å². The third-order valence-corrected chi connectivity index (χ3v) is 3.69. The fraction of sp³-hybridized carbons (Fsp3) is 0.0556. The Bertz CT molecular complexity index is 1030. The number of fused-ring (bicyclic) bond motifs is 3. The van der Waals surface area contributed by atoms with Crippen LogP contribution in [0.2, 0.25) is 0 Å². The highest BCUT2D eigenvalue weighted by Crippen LogP contribution is 2.24. The summed E-state index contributed by atoms with van der Waals surface area (Å²) in [5.74, 6) is 0. The van der Waals surface area contributed by atoms with Crippen LogP contribution >= 0.6 is 0 Å². The second-order valence-electron chi connectivity index (χ2n) is 5.13. The molecule has 0 N–H and O–H groups in total. The Morgan fingerprint density at radius 3 is 2.55 bits per heavy atom. The molecule has 4 rings (SSSR count). The SMILES string of the molecule is Cc1ccc2cc3c(=O)c4ccccc4oc3cc2c1. The highest BCUT2D eigenvalue weighted by Gasteiger charge is 2.08. The van der Waals surface area contributed by atoms with E-state index >= 15 is 0 Å². The molecule has 1 aromatic heterocycles. The molecule has 0 unspecified atom stereocenters. The molecule has 2 heteroatoms. The van der Waals surface area contributed by atoms with E-state index in [9.17, 15) is 4.79 Å². The molecule has 4 aromatic rings. The summed E-state index contributed by atoms with van der Waals surface area (Å²) in [6, 6.07) is 17.4. The zero-order chi connectivity index (χ0) is 13.7. The summed E-state index contributed by atoms with van der Waals surface area (Å²) < 4.78 is 5.87. The van der Waals surface area contributed by atoms with E-state index in [0.29, 0.717) is 21.9 Å². The summed E-state index contributed by atoms with van der Waals surface area (Å²) in [4.78, 5) is 12.5. The van der Waals surface area contributed by atoms with Gasteiger partial charge in [0.2, 0.25) is 5.43 Å². The summed E-state index contributed by atoms with van der Waals surface area (Å²) in [6.45, 7) is 2.06. The van der Waals surface area contributed by atoms with Crippen LogP contribution in [0, 0.1) is 6.92 Å². The minimum atomic E-state index is 0.0318. The zero-order valence-corrected chi connectivity index (χ0v) is 11.0. The smallest absolute Gasteiger partial charge is 0.200 e. The van der Waals surface area contributed by atoms with Gasteiger partial charge in [-0.05, 0) is 42.0 Å². The lowest BCUT2D eigenvalue weighted by atomic mass is 10.0. The van der Waals surface area contributed by atoms with Crippen molar-refractivity contribution in [2.75, 3.05) is 0 Å². The maximum atomic E-state index is 12.5. The monoisotopic (exact) mass is 260 g/mol. The van der Waals surface area contributed by atoms with Crippen LogP contribution in [0.25, 0.3) is 32.7 Å². The number of hydrogen-bond acceptors (Lipinski definition) is 2. The minimum Gasteiger partial charge on any atom is -0.456 e. The van der Waals surface area contributed by atoms with Crippen LogP contribution in [-0.4, -0.2) is 0 Å². The van der Waals surface area contributed by atoms with Gasteiger partial charge < -0.3 is 4.42 Å². The van der Waals surface area contributed by atoms with E-state index < -0.39 is 0 Å². The summed E-state index contributed by atoms with van der Waals surface area (Å²) in [6.07, 6.45) is 0. The first kappa shape index (κ1) is 11.2. The van der Waals surface area contributed by atoms with E-state index in [1.54, 1.807) is 6.07 Å². The van der Waals surface area contributed by atoms with E-state index in [-0.39, 0.29) is 5.43 Å². The predicted octanol–water partition coefficient (Wildman–Crippen LogP) is 4.41. The Morgan fingerprint density at radius 1 is 0.800 bits per heavy atom. The van der Waals surface area contributed by atoms with Gasteiger partial charge in [-0.3, -0.25) is 4.79 Å². The third kappa shape index (κ3) is 1.55. The van der Waals surface area contributed by atoms with Crippen molar-refractivity contribution in [3.05, 3.63) is 70.4 Å². The number of para-hydroxylation sites is 1. The van der Waals surface area contributed by atoms with E-state index in [1.165, 1.54) is 5.56 Å². The van der Waals surface area contributed by atoms with Crippen LogP contribution in [0.15, 0.2) is 63.8 Å². The standard InChI is InChI=1S/C18H12O2/c1-11-6-7-12-9-15-17(10-13(12)8-11)20-16-5-3-2-4-14(16)18(15)19/h2-10H,1H3. The molecule has 0 aliphatic rings. The molecule has 0 saturated heterocycles. The molecule has 1 heterocycles. The number of benzene rings is 3. The maximum absolute atomic E-state index is 12.5. The average Bonchev–Trinajstić information content (AvgIpc) is 2.46. The first-order chi connectivity index (χ1) is 9.72. The van der Waals surface area contributed by atoms with E-state index in [0.717, 1.165) is 10.8 Å². The predicted molar refractivity (Wildman–Crippen MR) is 82.2 cm³/mol. The first-order valence-corrected chi connectivity index (χ1v) is 6.58. The molecule has 0 saturated carbocycles. The van der Waals surface area contributed by atoms with Crippen LogP contribution in [0.3, 0.4) is 0 Å². The lowest BCUT2D eigenvalue weighted by molar-refractivity contribution is 0.660. The molecule has 96 valence electrons. The van der Waals surface area contributed by atoms with E-state index in [1.807, 2.05) is 36.4 Å². The molecular weight excluding hydrogens is 248 g/mol. The van der Waals surface area contributed by atoms with Gasteiger partial charge in [-0.15, -0.1) is 0 Å². The van der Waals surface area contributed by atoms with E-state index in [4.69, 9.17) is 4.42 Å². The molecule has 0 radical (unpaired) electrons. The Hall–Kier alpha value is -2.61. The van der Waals surface area contributed by atoms with Gasteiger partial charge in [-0.25, -0.2) is 0 Å². The van der Waals surface area contributed by atoms with Crippen molar-refractivity contribution in [2.45, 2.75) is 6.92 Å². The molecule has 0 amide bonds. The zero-order valence-electron chi connectivity index (χ0n) is 11.0. The summed E-state index contributed by atoms with van der Waals surface area (Å²) >= 11 is 0. The Balaban J connectivity index is 2.25. The van der Waals surface area contributed by atoms with Crippen molar-refractivity contribution in [3.63, 3.8) is 0 Å². The second kappa shape index (κ2) is 3.94. The molecule has 0 fully saturated rings. The van der Waals surface area contributed by atoms with Crippen LogP contribution in [0.4, 0.5) is 0 Å². The number of rotatable bonds is 0. The molecule has 0 atom stereocenters. The fourth-order valence-corrected chi connectivity index (χ4v) is 2.66. The molecule has 0 aliphatic heterocycles. The van der Waals surface area contributed by atoms with Gasteiger partial charge in [-0.1, -0.05) is 35.9 Å². The average molecular weight is 260 g/mol. The molecule has 20 heavy (non-hydrogen) atoms. The number of hydrogen-bond donors (Lipinski definition) is 0. The van der Waals surface area contributed by atoms with Crippen LogP contribution in [0.5, 0.6) is 0 Å². The molecule has 2 nitrogen and oxygen atoms in total. The van der Waals surface area contributed by atoms with Crippen molar-refractivity contribution in [2.24, 2.45) is 0 Å². The lowest BCUT2D eigenvalue weighted by Gasteiger charge is -2.04. The fourth-order valence-electron chi connectivity index (χ4n) is 2.66. The summed E-state index contributed by atoms with van der Waals surface area (Å²) in [5.41, 5.74) is 2.51. The van der Waals surface area contributed by atoms with Gasteiger partial charge in [-0.2, -0.15) is 0 Å². The van der Waals surface area contributed by atoms with Crippen molar-refractivity contribution < 1.29 is 4.42 Å². The number of aryl methyl sites for hydroxylation is 1. The minimum absolute atomic E-state index is 0.0318. The summed E-state index contributed by atoms with van der Waals surface area (Å²) in [5, 5.41) is 3.42. The van der Waals surface area contributed by atoms with Crippen LogP contribution in [-0.2, 0) is 0 Å². The van der Waals surface area contributed by atoms with Gasteiger partial charge in [0.25, 0.3) is 0 Å². The quantitative estimate of drug-likeness (QED) is 0.438. The summed E-state index contributed by atoms with van der Waals surface area (Å²) in [7, 11) is 0. The Morgan fingerprint density at radius 2 is 1.65 bits per heavy atom. The molecule has 3 aromatic carbocycles. The largest absolute Gasteiger partial charge is 0.456 e. The Kier molecular flexibility index (Phi) is 2.21. The van der Waals surface area contributed by atoms with Crippen molar-refractivity contribution in [1.29, 1.82) is 0 Å². The lowest BCUT2D eigenvalue weighted by Crippen LogP contribution is -2.01.